The normalized spacial score (nSPS) is 13.9. The van der Waals surface area contributed by atoms with Crippen LogP contribution in [-0.4, -0.2) is 31.4 Å². The first-order valence-corrected chi connectivity index (χ1v) is 7.03. The van der Waals surface area contributed by atoms with Gasteiger partial charge < -0.3 is 16.0 Å². The number of nitrogens with one attached hydrogen (secondary N) is 3. The van der Waals surface area contributed by atoms with Gasteiger partial charge in [-0.3, -0.25) is 9.59 Å². The lowest BCUT2D eigenvalue weighted by atomic mass is 10.2. The van der Waals surface area contributed by atoms with E-state index in [2.05, 4.69) is 16.0 Å². The number of hydrogen-bond donors (Lipinski definition) is 3. The van der Waals surface area contributed by atoms with Crippen LogP contribution in [0.1, 0.15) is 29.6 Å². The van der Waals surface area contributed by atoms with E-state index < -0.39 is 0 Å². The van der Waals surface area contributed by atoms with E-state index in [4.69, 9.17) is 11.6 Å². The van der Waals surface area contributed by atoms with Crippen LogP contribution in [0.3, 0.4) is 0 Å². The van der Waals surface area contributed by atoms with Gasteiger partial charge in [-0.05, 0) is 31.0 Å². The molecule has 1 fully saturated rings. The zero-order chi connectivity index (χ0) is 14.5. The summed E-state index contributed by atoms with van der Waals surface area (Å²) in [7, 11) is 1.54. The van der Waals surface area contributed by atoms with Crippen molar-refractivity contribution in [1.29, 1.82) is 0 Å². The molecule has 0 saturated heterocycles. The molecule has 3 N–H and O–H groups in total. The van der Waals surface area contributed by atoms with E-state index in [0.717, 1.165) is 0 Å². The molecule has 0 aliphatic heterocycles. The lowest BCUT2D eigenvalue weighted by Crippen LogP contribution is -2.23. The Balaban J connectivity index is 1.90. The number of hydrogen-bond acceptors (Lipinski definition) is 3. The molecule has 2 rings (SSSR count). The van der Waals surface area contributed by atoms with E-state index in [0.29, 0.717) is 35.3 Å². The summed E-state index contributed by atoms with van der Waals surface area (Å²) in [6.45, 7) is 0.673. The van der Waals surface area contributed by atoms with E-state index in [-0.39, 0.29) is 11.8 Å². The van der Waals surface area contributed by atoms with Gasteiger partial charge in [-0.25, -0.2) is 0 Å². The second kappa shape index (κ2) is 6.72. The highest BCUT2D eigenvalue weighted by molar-refractivity contribution is 6.34. The Kier molecular flexibility index (Phi) is 4.98. The molecule has 0 aromatic heterocycles. The predicted octanol–water partition coefficient (Wildman–Crippen LogP) is 1.78. The van der Waals surface area contributed by atoms with E-state index in [1.807, 2.05) is 0 Å². The molecule has 2 amide bonds. The number of carbonyl (C=O) groups excluding carboxylic acids is 2. The highest BCUT2D eigenvalue weighted by Gasteiger charge is 2.20. The summed E-state index contributed by atoms with van der Waals surface area (Å²) in [5, 5.41) is 8.91. The summed E-state index contributed by atoms with van der Waals surface area (Å²) in [5.74, 6) is -0.357. The van der Waals surface area contributed by atoms with Crippen molar-refractivity contribution < 1.29 is 9.59 Å². The van der Waals surface area contributed by atoms with Crippen LogP contribution in [0, 0.1) is 0 Å². The molecule has 1 aromatic rings. The molecule has 0 heterocycles. The number of anilines is 1. The van der Waals surface area contributed by atoms with Crippen molar-refractivity contribution in [3.8, 4) is 0 Å². The third-order valence-corrected chi connectivity index (χ3v) is 3.41. The van der Waals surface area contributed by atoms with Gasteiger partial charge in [-0.1, -0.05) is 11.6 Å². The van der Waals surface area contributed by atoms with Crippen molar-refractivity contribution in [1.82, 2.24) is 10.6 Å². The Bertz CT molecular complexity index is 515. The number of amides is 2. The first-order valence-electron chi connectivity index (χ1n) is 6.65. The van der Waals surface area contributed by atoms with Gasteiger partial charge in [0, 0.05) is 31.7 Å². The number of halogens is 1. The van der Waals surface area contributed by atoms with Crippen molar-refractivity contribution in [3.63, 3.8) is 0 Å². The van der Waals surface area contributed by atoms with Crippen LogP contribution in [0.15, 0.2) is 18.2 Å². The minimum absolute atomic E-state index is 0.0803. The Morgan fingerprint density at radius 2 is 2.10 bits per heavy atom. The molecule has 6 heteroatoms. The molecule has 20 heavy (non-hydrogen) atoms. The maximum Gasteiger partial charge on any atom is 0.252 e. The molecule has 1 aliphatic carbocycles. The summed E-state index contributed by atoms with van der Waals surface area (Å²) in [4.78, 5) is 23.4. The number of carbonyl (C=O) groups is 2. The topological polar surface area (TPSA) is 70.2 Å². The predicted molar refractivity (Wildman–Crippen MR) is 79.1 cm³/mol. The summed E-state index contributed by atoms with van der Waals surface area (Å²) < 4.78 is 0. The van der Waals surface area contributed by atoms with Gasteiger partial charge in [0.2, 0.25) is 5.91 Å². The Labute approximate surface area is 123 Å². The quantitative estimate of drug-likeness (QED) is 0.749. The van der Waals surface area contributed by atoms with Gasteiger partial charge in [0.1, 0.15) is 0 Å². The van der Waals surface area contributed by atoms with Crippen LogP contribution in [0.4, 0.5) is 5.69 Å². The van der Waals surface area contributed by atoms with E-state index in [9.17, 15) is 9.59 Å². The summed E-state index contributed by atoms with van der Waals surface area (Å²) >= 11 is 5.95. The fourth-order valence-corrected chi connectivity index (χ4v) is 2.02. The molecular weight excluding hydrogens is 278 g/mol. The second-order valence-electron chi connectivity index (χ2n) is 4.80. The standard InChI is InChI=1S/C14H18ClN3O2/c1-16-14(20)11-8-10(4-5-12(11)15)18-13(19)6-7-17-9-2-3-9/h4-5,8-9,17H,2-3,6-7H2,1H3,(H,16,20)(H,18,19). The van der Waals surface area contributed by atoms with Crippen LogP contribution in [0.5, 0.6) is 0 Å². The Morgan fingerprint density at radius 1 is 1.35 bits per heavy atom. The molecule has 1 saturated carbocycles. The van der Waals surface area contributed by atoms with Crippen LogP contribution < -0.4 is 16.0 Å². The first kappa shape index (κ1) is 14.8. The van der Waals surface area contributed by atoms with Crippen molar-refractivity contribution in [2.75, 3.05) is 18.9 Å². The van der Waals surface area contributed by atoms with E-state index in [1.165, 1.54) is 19.9 Å². The van der Waals surface area contributed by atoms with Crippen molar-refractivity contribution in [2.24, 2.45) is 0 Å². The number of rotatable bonds is 6. The van der Waals surface area contributed by atoms with Crippen LogP contribution in [0.25, 0.3) is 0 Å². The minimum Gasteiger partial charge on any atom is -0.355 e. The van der Waals surface area contributed by atoms with Crippen LogP contribution in [0.2, 0.25) is 5.02 Å². The van der Waals surface area contributed by atoms with E-state index in [1.54, 1.807) is 18.2 Å². The lowest BCUT2D eigenvalue weighted by Gasteiger charge is -2.09. The third kappa shape index (κ3) is 4.21. The van der Waals surface area contributed by atoms with Gasteiger partial charge in [0.05, 0.1) is 10.6 Å². The molecule has 108 valence electrons. The maximum absolute atomic E-state index is 11.8. The Hall–Kier alpha value is -1.59. The number of benzene rings is 1. The highest BCUT2D eigenvalue weighted by Crippen LogP contribution is 2.21. The van der Waals surface area contributed by atoms with Gasteiger partial charge >= 0.3 is 0 Å². The molecule has 0 radical (unpaired) electrons. The van der Waals surface area contributed by atoms with Gasteiger partial charge in [0.15, 0.2) is 0 Å². The molecule has 0 spiro atoms. The van der Waals surface area contributed by atoms with Crippen molar-refractivity contribution in [3.05, 3.63) is 28.8 Å². The van der Waals surface area contributed by atoms with Crippen molar-refractivity contribution in [2.45, 2.75) is 25.3 Å². The van der Waals surface area contributed by atoms with Crippen molar-refractivity contribution >= 4 is 29.1 Å². The zero-order valence-corrected chi connectivity index (χ0v) is 12.1. The average molecular weight is 296 g/mol. The SMILES string of the molecule is CNC(=O)c1cc(NC(=O)CCNC2CC2)ccc1Cl. The molecule has 0 unspecified atom stereocenters. The molecule has 0 bridgehead atoms. The van der Waals surface area contributed by atoms with Crippen LogP contribution >= 0.6 is 11.6 Å². The first-order chi connectivity index (χ1) is 9.60. The van der Waals surface area contributed by atoms with Gasteiger partial charge in [0.25, 0.3) is 5.91 Å². The lowest BCUT2D eigenvalue weighted by molar-refractivity contribution is -0.116. The largest absolute Gasteiger partial charge is 0.355 e. The van der Waals surface area contributed by atoms with Gasteiger partial charge in [-0.15, -0.1) is 0 Å². The molecule has 0 atom stereocenters. The summed E-state index contributed by atoms with van der Waals surface area (Å²) in [5.41, 5.74) is 0.924. The molecule has 5 nitrogen and oxygen atoms in total. The molecule has 1 aliphatic rings. The fraction of sp³-hybridized carbons (Fsp3) is 0.429. The fourth-order valence-electron chi connectivity index (χ4n) is 1.81. The summed E-state index contributed by atoms with van der Waals surface area (Å²) in [6, 6.07) is 5.46. The van der Waals surface area contributed by atoms with Gasteiger partial charge in [-0.2, -0.15) is 0 Å². The summed E-state index contributed by atoms with van der Waals surface area (Å²) in [6.07, 6.45) is 2.82. The van der Waals surface area contributed by atoms with E-state index >= 15 is 0 Å². The maximum atomic E-state index is 11.8. The smallest absolute Gasteiger partial charge is 0.252 e. The zero-order valence-electron chi connectivity index (χ0n) is 11.3. The Morgan fingerprint density at radius 3 is 2.75 bits per heavy atom. The molecule has 1 aromatic carbocycles. The second-order valence-corrected chi connectivity index (χ2v) is 5.21. The third-order valence-electron chi connectivity index (χ3n) is 3.08. The molecular formula is C14H18ClN3O2. The monoisotopic (exact) mass is 295 g/mol. The highest BCUT2D eigenvalue weighted by atomic mass is 35.5. The average Bonchev–Trinajstić information content (AvgIpc) is 3.24. The minimum atomic E-state index is -0.276. The van der Waals surface area contributed by atoms with Crippen LogP contribution in [-0.2, 0) is 4.79 Å².